The van der Waals surface area contributed by atoms with Crippen molar-refractivity contribution in [3.05, 3.63) is 54.2 Å². The number of nitrogens with zero attached hydrogens (tertiary/aromatic N) is 2. The van der Waals surface area contributed by atoms with Crippen molar-refractivity contribution in [1.29, 1.82) is 0 Å². The van der Waals surface area contributed by atoms with Crippen LogP contribution in [0.1, 0.15) is 18.4 Å². The van der Waals surface area contributed by atoms with Gasteiger partial charge in [0.15, 0.2) is 11.6 Å². The van der Waals surface area contributed by atoms with Gasteiger partial charge in [0.1, 0.15) is 0 Å². The number of aromatic hydroxyl groups is 1. The first-order valence-corrected chi connectivity index (χ1v) is 7.47. The van der Waals surface area contributed by atoms with Gasteiger partial charge in [-0.15, -0.1) is 0 Å². The Morgan fingerprint density at radius 3 is 2.86 bits per heavy atom. The van der Waals surface area contributed by atoms with Gasteiger partial charge in [0.25, 0.3) is 0 Å². The van der Waals surface area contributed by atoms with Crippen LogP contribution in [0.4, 0.5) is 5.82 Å². The lowest BCUT2D eigenvalue weighted by Gasteiger charge is -2.23. The summed E-state index contributed by atoms with van der Waals surface area (Å²) < 4.78 is 0. The van der Waals surface area contributed by atoms with Gasteiger partial charge in [-0.3, -0.25) is 9.69 Å². The number of likely N-dealkylation sites (tertiary alicyclic amines) is 1. The maximum absolute atomic E-state index is 12.5. The second-order valence-electron chi connectivity index (χ2n) is 5.47. The van der Waals surface area contributed by atoms with Crippen molar-refractivity contribution < 1.29 is 9.90 Å². The summed E-state index contributed by atoms with van der Waals surface area (Å²) in [6, 6.07) is 13.1. The summed E-state index contributed by atoms with van der Waals surface area (Å²) in [5, 5.41) is 12.4. The fourth-order valence-corrected chi connectivity index (χ4v) is 2.82. The lowest BCUT2D eigenvalue weighted by Crippen LogP contribution is -2.39. The molecule has 0 aliphatic carbocycles. The average molecular weight is 297 g/mol. The minimum atomic E-state index is -0.179. The Labute approximate surface area is 129 Å². The molecule has 1 unspecified atom stereocenters. The van der Waals surface area contributed by atoms with Crippen molar-refractivity contribution in [3.63, 3.8) is 0 Å². The molecule has 5 heteroatoms. The van der Waals surface area contributed by atoms with Crippen molar-refractivity contribution in [3.8, 4) is 5.75 Å². The zero-order chi connectivity index (χ0) is 15.4. The second kappa shape index (κ2) is 6.58. The van der Waals surface area contributed by atoms with Gasteiger partial charge in [-0.05, 0) is 37.1 Å². The lowest BCUT2D eigenvalue weighted by atomic mass is 10.1. The summed E-state index contributed by atoms with van der Waals surface area (Å²) in [4.78, 5) is 18.6. The minimum absolute atomic E-state index is 0.0107. The molecule has 1 aliphatic rings. The van der Waals surface area contributed by atoms with Crippen molar-refractivity contribution in [2.75, 3.05) is 11.9 Å². The molecule has 5 nitrogen and oxygen atoms in total. The molecule has 2 N–H and O–H groups in total. The van der Waals surface area contributed by atoms with Crippen molar-refractivity contribution in [1.82, 2.24) is 9.88 Å². The van der Waals surface area contributed by atoms with Crippen LogP contribution in [-0.4, -0.2) is 33.5 Å². The molecule has 0 bridgehead atoms. The van der Waals surface area contributed by atoms with Crippen LogP contribution in [0.15, 0.2) is 48.7 Å². The summed E-state index contributed by atoms with van der Waals surface area (Å²) in [6.45, 7) is 1.66. The highest BCUT2D eigenvalue weighted by Gasteiger charge is 2.31. The Morgan fingerprint density at radius 2 is 2.09 bits per heavy atom. The van der Waals surface area contributed by atoms with E-state index in [2.05, 4.69) is 27.3 Å². The summed E-state index contributed by atoms with van der Waals surface area (Å²) in [7, 11) is 0. The molecule has 1 aromatic carbocycles. The molecule has 2 heterocycles. The SMILES string of the molecule is O=C(Nc1ncccc1O)C1CCCN1Cc1ccccc1. The predicted octanol–water partition coefficient (Wildman–Crippen LogP) is 2.39. The topological polar surface area (TPSA) is 65.5 Å². The maximum Gasteiger partial charge on any atom is 0.242 e. The second-order valence-corrected chi connectivity index (χ2v) is 5.47. The van der Waals surface area contributed by atoms with Crippen LogP contribution in [0, 0.1) is 0 Å². The first-order chi connectivity index (χ1) is 10.7. The van der Waals surface area contributed by atoms with E-state index in [1.165, 1.54) is 11.6 Å². The number of hydrogen-bond acceptors (Lipinski definition) is 4. The van der Waals surface area contributed by atoms with Gasteiger partial charge in [0.05, 0.1) is 6.04 Å². The number of nitrogens with one attached hydrogen (secondary N) is 1. The number of anilines is 1. The largest absolute Gasteiger partial charge is 0.504 e. The number of carbonyl (C=O) groups is 1. The normalized spacial score (nSPS) is 18.3. The molecule has 2 aromatic rings. The third-order valence-corrected chi connectivity index (χ3v) is 3.92. The first-order valence-electron chi connectivity index (χ1n) is 7.47. The Morgan fingerprint density at radius 1 is 1.27 bits per heavy atom. The molecule has 22 heavy (non-hydrogen) atoms. The first kappa shape index (κ1) is 14.5. The molecule has 0 saturated carbocycles. The van der Waals surface area contributed by atoms with Gasteiger partial charge in [-0.25, -0.2) is 4.98 Å². The minimum Gasteiger partial charge on any atom is -0.504 e. The number of carbonyl (C=O) groups excluding carboxylic acids is 1. The fourth-order valence-electron chi connectivity index (χ4n) is 2.82. The quantitative estimate of drug-likeness (QED) is 0.909. The summed E-state index contributed by atoms with van der Waals surface area (Å²) in [5.74, 6) is 0.102. The van der Waals surface area contributed by atoms with Gasteiger partial charge in [0, 0.05) is 12.7 Å². The monoisotopic (exact) mass is 297 g/mol. The standard InChI is InChI=1S/C17H19N3O2/c21-15-9-4-10-18-16(15)19-17(22)14-8-5-11-20(14)12-13-6-2-1-3-7-13/h1-4,6-7,9-10,14,21H,5,8,11-12H2,(H,18,19,22). The third-order valence-electron chi connectivity index (χ3n) is 3.92. The van der Waals surface area contributed by atoms with E-state index in [4.69, 9.17) is 0 Å². The highest BCUT2D eigenvalue weighted by molar-refractivity contribution is 5.95. The van der Waals surface area contributed by atoms with E-state index >= 15 is 0 Å². The van der Waals surface area contributed by atoms with E-state index in [1.807, 2.05) is 18.2 Å². The molecule has 0 radical (unpaired) electrons. The Kier molecular flexibility index (Phi) is 4.34. The van der Waals surface area contributed by atoms with Crippen LogP contribution in [-0.2, 0) is 11.3 Å². The maximum atomic E-state index is 12.5. The van der Waals surface area contributed by atoms with E-state index in [0.717, 1.165) is 25.9 Å². The number of aromatic nitrogens is 1. The Bertz CT molecular complexity index is 645. The molecule has 1 fully saturated rings. The van der Waals surface area contributed by atoms with Gasteiger partial charge < -0.3 is 10.4 Å². The number of benzene rings is 1. The molecule has 1 saturated heterocycles. The summed E-state index contributed by atoms with van der Waals surface area (Å²) in [5.41, 5.74) is 1.20. The molecular formula is C17H19N3O2. The van der Waals surface area contributed by atoms with E-state index in [9.17, 15) is 9.90 Å². The zero-order valence-corrected chi connectivity index (χ0v) is 12.3. The molecule has 0 spiro atoms. The number of pyridine rings is 1. The molecule has 114 valence electrons. The van der Waals surface area contributed by atoms with Crippen molar-refractivity contribution in [2.45, 2.75) is 25.4 Å². The van der Waals surface area contributed by atoms with Crippen molar-refractivity contribution >= 4 is 11.7 Å². The highest BCUT2D eigenvalue weighted by atomic mass is 16.3. The van der Waals surface area contributed by atoms with Crippen LogP contribution in [0.2, 0.25) is 0 Å². The van der Waals surface area contributed by atoms with E-state index in [0.29, 0.717) is 0 Å². The van der Waals surface area contributed by atoms with Crippen LogP contribution < -0.4 is 5.32 Å². The van der Waals surface area contributed by atoms with Gasteiger partial charge in [-0.1, -0.05) is 30.3 Å². The Balaban J connectivity index is 1.67. The average Bonchev–Trinajstić information content (AvgIpc) is 2.99. The predicted molar refractivity (Wildman–Crippen MR) is 84.4 cm³/mol. The molecule has 1 aliphatic heterocycles. The molecule has 3 rings (SSSR count). The van der Waals surface area contributed by atoms with Crippen LogP contribution >= 0.6 is 0 Å². The molecule has 1 atom stereocenters. The molecule has 1 amide bonds. The molecular weight excluding hydrogens is 278 g/mol. The number of hydrogen-bond donors (Lipinski definition) is 2. The van der Waals surface area contributed by atoms with Crippen LogP contribution in [0.25, 0.3) is 0 Å². The van der Waals surface area contributed by atoms with Gasteiger partial charge in [-0.2, -0.15) is 0 Å². The lowest BCUT2D eigenvalue weighted by molar-refractivity contribution is -0.120. The smallest absolute Gasteiger partial charge is 0.242 e. The number of rotatable bonds is 4. The van der Waals surface area contributed by atoms with E-state index in [-0.39, 0.29) is 23.5 Å². The zero-order valence-electron chi connectivity index (χ0n) is 12.3. The van der Waals surface area contributed by atoms with E-state index < -0.39 is 0 Å². The van der Waals surface area contributed by atoms with Crippen LogP contribution in [0.3, 0.4) is 0 Å². The number of amides is 1. The Hall–Kier alpha value is -2.40. The van der Waals surface area contributed by atoms with Crippen molar-refractivity contribution in [2.24, 2.45) is 0 Å². The van der Waals surface area contributed by atoms with Crippen LogP contribution in [0.5, 0.6) is 5.75 Å². The summed E-state index contributed by atoms with van der Waals surface area (Å²) in [6.07, 6.45) is 3.37. The molecule has 1 aromatic heterocycles. The summed E-state index contributed by atoms with van der Waals surface area (Å²) >= 11 is 0. The third kappa shape index (κ3) is 3.26. The fraction of sp³-hybridized carbons (Fsp3) is 0.294. The van der Waals surface area contributed by atoms with Gasteiger partial charge >= 0.3 is 0 Å². The van der Waals surface area contributed by atoms with E-state index in [1.54, 1.807) is 12.3 Å². The van der Waals surface area contributed by atoms with Gasteiger partial charge in [0.2, 0.25) is 5.91 Å². The highest BCUT2D eigenvalue weighted by Crippen LogP contribution is 2.23.